The molecular weight excluding hydrogens is 900 g/mol. The van der Waals surface area contributed by atoms with Gasteiger partial charge in [-0.2, -0.15) is 84.3 Å². The summed E-state index contributed by atoms with van der Waals surface area (Å²) < 4.78 is 261. The smallest absolute Gasteiger partial charge is 0.308 e. The SMILES string of the molecule is N#Cc1c(-n2c3cc(C(F)(F)F)ccc3c3ccc(C(F)(F)F)cc32)ccc(-c2c(C(F)(F)F)cccc2C(F)(F)F)c1-n1c2cc(C(F)(F)F)ccc2c2ccc(C(F)(F)F)cc21. The van der Waals surface area contributed by atoms with Crippen molar-refractivity contribution in [2.75, 3.05) is 0 Å². The summed E-state index contributed by atoms with van der Waals surface area (Å²) in [6.07, 6.45) is -32.2. The second-order valence-electron chi connectivity index (χ2n) is 14.3. The molecule has 0 spiro atoms. The minimum atomic E-state index is -5.69. The van der Waals surface area contributed by atoms with Gasteiger partial charge in [-0.3, -0.25) is 0 Å². The lowest BCUT2D eigenvalue weighted by atomic mass is 9.90. The van der Waals surface area contributed by atoms with E-state index in [1.165, 1.54) is 6.07 Å². The largest absolute Gasteiger partial charge is 0.417 e. The van der Waals surface area contributed by atoms with E-state index in [2.05, 4.69) is 0 Å². The standard InChI is InChI=1S/C43H17F18N3/c44-38(45,46)19-4-8-23-24-9-5-20(39(47,48)49)15-33(24)63(32(23)14-19)31-13-12-27(36-29(42(56,57)58)2-1-3-30(36)43(59,60)61)37(28(31)18-62)64-34-16-21(40(50,51)52)6-10-25(34)26-11-7-22(17-35(26)64)41(53,54)55/h1-17H. The molecule has 0 aliphatic heterocycles. The van der Waals surface area contributed by atoms with E-state index >= 15 is 0 Å². The normalized spacial score (nSPS) is 13.5. The molecule has 0 aliphatic rings. The highest BCUT2D eigenvalue weighted by atomic mass is 19.4. The number of nitrogens with zero attached hydrogens (tertiary/aromatic N) is 3. The van der Waals surface area contributed by atoms with Crippen molar-refractivity contribution in [2.24, 2.45) is 0 Å². The number of aromatic nitrogens is 2. The minimum Gasteiger partial charge on any atom is -0.308 e. The van der Waals surface area contributed by atoms with Crippen molar-refractivity contribution < 1.29 is 79.0 Å². The van der Waals surface area contributed by atoms with Crippen LogP contribution in [-0.2, 0) is 37.1 Å². The first kappa shape index (κ1) is 43.8. The molecule has 2 aromatic heterocycles. The zero-order valence-electron chi connectivity index (χ0n) is 31.0. The molecule has 0 fully saturated rings. The van der Waals surface area contributed by atoms with Crippen LogP contribution in [0.4, 0.5) is 79.0 Å². The Morgan fingerprint density at radius 2 is 0.703 bits per heavy atom. The Hall–Kier alpha value is -6.85. The number of alkyl halides is 18. The highest BCUT2D eigenvalue weighted by molar-refractivity contribution is 6.12. The van der Waals surface area contributed by atoms with Gasteiger partial charge in [0, 0.05) is 32.7 Å². The molecule has 0 amide bonds. The van der Waals surface area contributed by atoms with Crippen LogP contribution in [0.15, 0.2) is 103 Å². The van der Waals surface area contributed by atoms with Gasteiger partial charge in [0.25, 0.3) is 0 Å². The van der Waals surface area contributed by atoms with Crippen molar-refractivity contribution in [3.8, 4) is 28.6 Å². The fraction of sp³-hybridized carbons (Fsp3) is 0.140. The van der Waals surface area contributed by atoms with E-state index in [-0.39, 0.29) is 33.7 Å². The maximum absolute atomic E-state index is 14.9. The maximum Gasteiger partial charge on any atom is 0.417 e. The zero-order valence-corrected chi connectivity index (χ0v) is 31.0. The van der Waals surface area contributed by atoms with E-state index < -0.39 is 121 Å². The summed E-state index contributed by atoms with van der Waals surface area (Å²) in [7, 11) is 0. The molecule has 0 bridgehead atoms. The van der Waals surface area contributed by atoms with Crippen molar-refractivity contribution in [2.45, 2.75) is 37.1 Å². The molecule has 3 nitrogen and oxygen atoms in total. The third kappa shape index (κ3) is 7.17. The monoisotopic (exact) mass is 917 g/mol. The number of nitriles is 1. The van der Waals surface area contributed by atoms with Gasteiger partial charge in [-0.1, -0.05) is 36.4 Å². The van der Waals surface area contributed by atoms with Crippen LogP contribution in [0.3, 0.4) is 0 Å². The average molecular weight is 918 g/mol. The summed E-state index contributed by atoms with van der Waals surface area (Å²) in [4.78, 5) is 0. The fourth-order valence-electron chi connectivity index (χ4n) is 7.87. The molecule has 64 heavy (non-hydrogen) atoms. The van der Waals surface area contributed by atoms with Gasteiger partial charge in [0.1, 0.15) is 11.6 Å². The Morgan fingerprint density at radius 1 is 0.375 bits per heavy atom. The van der Waals surface area contributed by atoms with Gasteiger partial charge >= 0.3 is 37.1 Å². The zero-order chi connectivity index (χ0) is 46.9. The molecule has 0 N–H and O–H groups in total. The summed E-state index contributed by atoms with van der Waals surface area (Å²) in [6, 6.07) is 9.92. The van der Waals surface area contributed by atoms with E-state index in [9.17, 15) is 84.3 Å². The van der Waals surface area contributed by atoms with Crippen molar-refractivity contribution in [3.63, 3.8) is 0 Å². The van der Waals surface area contributed by atoms with Crippen LogP contribution in [0.5, 0.6) is 0 Å². The maximum atomic E-state index is 14.9. The summed E-state index contributed by atoms with van der Waals surface area (Å²) in [6.45, 7) is 0. The number of halogens is 18. The van der Waals surface area contributed by atoms with Crippen molar-refractivity contribution in [3.05, 3.63) is 142 Å². The molecule has 0 saturated carbocycles. The first-order valence-electron chi connectivity index (χ1n) is 17.8. The highest BCUT2D eigenvalue weighted by Crippen LogP contribution is 2.50. The van der Waals surface area contributed by atoms with E-state index in [0.717, 1.165) is 24.3 Å². The van der Waals surface area contributed by atoms with Crippen LogP contribution in [0, 0.1) is 11.3 Å². The molecular formula is C43H17F18N3. The Kier molecular flexibility index (Phi) is 9.63. The minimum absolute atomic E-state index is 0.175. The molecule has 8 aromatic rings. The number of rotatable bonds is 3. The number of hydrogen-bond acceptors (Lipinski definition) is 1. The van der Waals surface area contributed by atoms with Crippen LogP contribution in [0.1, 0.15) is 38.9 Å². The van der Waals surface area contributed by atoms with Gasteiger partial charge in [-0.05, 0) is 66.7 Å². The molecule has 0 saturated heterocycles. The van der Waals surface area contributed by atoms with Gasteiger partial charge in [0.2, 0.25) is 0 Å². The number of fused-ring (bicyclic) bond motifs is 6. The van der Waals surface area contributed by atoms with Crippen LogP contribution in [-0.4, -0.2) is 9.13 Å². The molecule has 330 valence electrons. The lowest BCUT2D eigenvalue weighted by Gasteiger charge is -2.24. The third-order valence-electron chi connectivity index (χ3n) is 10.5. The van der Waals surface area contributed by atoms with E-state index in [1.54, 1.807) is 0 Å². The topological polar surface area (TPSA) is 33.6 Å². The number of benzene rings is 6. The molecule has 6 aromatic carbocycles. The van der Waals surface area contributed by atoms with E-state index in [1.807, 2.05) is 0 Å². The summed E-state index contributed by atoms with van der Waals surface area (Å²) in [5.41, 5.74) is -19.4. The molecule has 21 heteroatoms. The lowest BCUT2D eigenvalue weighted by molar-refractivity contribution is -0.142. The van der Waals surface area contributed by atoms with Gasteiger partial charge in [-0.15, -0.1) is 0 Å². The Morgan fingerprint density at radius 3 is 1.00 bits per heavy atom. The molecule has 0 unspecified atom stereocenters. The van der Waals surface area contributed by atoms with Crippen LogP contribution in [0.2, 0.25) is 0 Å². The predicted molar refractivity (Wildman–Crippen MR) is 195 cm³/mol. The molecule has 0 aliphatic carbocycles. The summed E-state index contributed by atoms with van der Waals surface area (Å²) in [5.74, 6) is 0. The van der Waals surface area contributed by atoms with E-state index in [0.29, 0.717) is 75.9 Å². The molecule has 0 atom stereocenters. The molecule has 2 heterocycles. The van der Waals surface area contributed by atoms with E-state index in [4.69, 9.17) is 0 Å². The van der Waals surface area contributed by atoms with Gasteiger partial charge < -0.3 is 9.13 Å². The molecule has 0 radical (unpaired) electrons. The summed E-state index contributed by atoms with van der Waals surface area (Å²) >= 11 is 0. The second-order valence-corrected chi connectivity index (χ2v) is 14.3. The Balaban J connectivity index is 1.68. The number of hydrogen-bond donors (Lipinski definition) is 0. The Labute approximate surface area is 344 Å². The predicted octanol–water partition coefficient (Wildman–Crippen LogP) is 15.5. The average Bonchev–Trinajstić information content (AvgIpc) is 3.69. The molecule has 8 rings (SSSR count). The highest BCUT2D eigenvalue weighted by Gasteiger charge is 2.43. The van der Waals surface area contributed by atoms with Crippen molar-refractivity contribution in [1.29, 1.82) is 5.26 Å². The van der Waals surface area contributed by atoms with Crippen molar-refractivity contribution >= 4 is 43.6 Å². The van der Waals surface area contributed by atoms with Gasteiger partial charge in [0.05, 0.1) is 66.8 Å². The Bertz CT molecular complexity index is 3080. The third-order valence-corrected chi connectivity index (χ3v) is 10.5. The fourth-order valence-corrected chi connectivity index (χ4v) is 7.87. The van der Waals surface area contributed by atoms with Gasteiger partial charge in [-0.25, -0.2) is 0 Å². The lowest BCUT2D eigenvalue weighted by Crippen LogP contribution is -2.16. The van der Waals surface area contributed by atoms with Crippen molar-refractivity contribution in [1.82, 2.24) is 9.13 Å². The first-order chi connectivity index (χ1) is 29.5. The summed E-state index contributed by atoms with van der Waals surface area (Å²) in [5, 5.41) is 9.80. The van der Waals surface area contributed by atoms with Gasteiger partial charge in [0.15, 0.2) is 0 Å². The van der Waals surface area contributed by atoms with Crippen LogP contribution >= 0.6 is 0 Å². The first-order valence-corrected chi connectivity index (χ1v) is 17.8. The van der Waals surface area contributed by atoms with Crippen LogP contribution in [0.25, 0.3) is 66.1 Å². The van der Waals surface area contributed by atoms with Crippen LogP contribution < -0.4 is 0 Å². The second kappa shape index (κ2) is 14.1. The quantitative estimate of drug-likeness (QED) is 0.163.